The van der Waals surface area contributed by atoms with E-state index >= 15 is 0 Å². The summed E-state index contributed by atoms with van der Waals surface area (Å²) < 4.78 is 0. The molecule has 1 N–H and O–H groups in total. The molecule has 0 unspecified atom stereocenters. The maximum Gasteiger partial charge on any atom is 0.227 e. The lowest BCUT2D eigenvalue weighted by Gasteiger charge is -2.36. The fraction of sp³-hybridized carbons (Fsp3) is 0.550. The second-order valence-corrected chi connectivity index (χ2v) is 7.24. The topological polar surface area (TPSA) is 69.7 Å². The van der Waals surface area contributed by atoms with Crippen molar-refractivity contribution in [3.8, 4) is 0 Å². The van der Waals surface area contributed by atoms with Gasteiger partial charge in [-0.05, 0) is 30.5 Å². The average molecular weight is 357 g/mol. The largest absolute Gasteiger partial charge is 0.339 e. The van der Waals surface area contributed by atoms with Crippen LogP contribution in [0.1, 0.15) is 38.2 Å². The third kappa shape index (κ3) is 4.62. The molecule has 1 aromatic rings. The van der Waals surface area contributed by atoms with Crippen molar-refractivity contribution < 1.29 is 14.4 Å². The Morgan fingerprint density at radius 3 is 2.12 bits per heavy atom. The van der Waals surface area contributed by atoms with Gasteiger partial charge in [-0.1, -0.05) is 25.0 Å². The van der Waals surface area contributed by atoms with Gasteiger partial charge < -0.3 is 15.1 Å². The molecular weight excluding hydrogens is 330 g/mol. The summed E-state index contributed by atoms with van der Waals surface area (Å²) in [5.74, 6) is 0.464. The normalized spacial score (nSPS) is 18.0. The highest BCUT2D eigenvalue weighted by Crippen LogP contribution is 2.27. The Labute approximate surface area is 154 Å². The van der Waals surface area contributed by atoms with Crippen molar-refractivity contribution in [2.24, 2.45) is 5.92 Å². The van der Waals surface area contributed by atoms with Crippen molar-refractivity contribution in [2.75, 3.05) is 31.5 Å². The molecule has 1 saturated carbocycles. The van der Waals surface area contributed by atoms with Gasteiger partial charge in [0.25, 0.3) is 0 Å². The zero-order chi connectivity index (χ0) is 18.5. The second kappa shape index (κ2) is 8.34. The van der Waals surface area contributed by atoms with Gasteiger partial charge in [-0.3, -0.25) is 14.4 Å². The van der Waals surface area contributed by atoms with Gasteiger partial charge in [0.2, 0.25) is 17.7 Å². The maximum atomic E-state index is 12.5. The van der Waals surface area contributed by atoms with Gasteiger partial charge in [0.1, 0.15) is 0 Å². The van der Waals surface area contributed by atoms with Crippen molar-refractivity contribution >= 4 is 23.4 Å². The molecule has 1 saturated heterocycles. The van der Waals surface area contributed by atoms with Crippen LogP contribution in [0.2, 0.25) is 0 Å². The van der Waals surface area contributed by atoms with Crippen LogP contribution in [-0.4, -0.2) is 53.7 Å². The number of nitrogens with zero attached hydrogens (tertiary/aromatic N) is 2. The fourth-order valence-corrected chi connectivity index (χ4v) is 3.80. The predicted octanol–water partition coefficient (Wildman–Crippen LogP) is 2.05. The lowest BCUT2D eigenvalue weighted by molar-refractivity contribution is -0.141. The minimum atomic E-state index is -0.112. The molecule has 1 aromatic carbocycles. The quantitative estimate of drug-likeness (QED) is 0.897. The molecule has 26 heavy (non-hydrogen) atoms. The van der Waals surface area contributed by atoms with E-state index in [1.807, 2.05) is 34.1 Å². The van der Waals surface area contributed by atoms with Crippen LogP contribution in [0.4, 0.5) is 5.69 Å². The summed E-state index contributed by atoms with van der Waals surface area (Å²) in [7, 11) is 0. The first-order valence-electron chi connectivity index (χ1n) is 9.46. The lowest BCUT2D eigenvalue weighted by Crippen LogP contribution is -2.52. The summed E-state index contributed by atoms with van der Waals surface area (Å²) >= 11 is 0. The van der Waals surface area contributed by atoms with Crippen molar-refractivity contribution in [3.05, 3.63) is 29.8 Å². The van der Waals surface area contributed by atoms with Crippen LogP contribution in [0.5, 0.6) is 0 Å². The zero-order valence-corrected chi connectivity index (χ0v) is 15.4. The summed E-state index contributed by atoms with van der Waals surface area (Å²) in [6, 6.07) is 7.34. The number of hydrogen-bond acceptors (Lipinski definition) is 3. The molecule has 1 aliphatic carbocycles. The molecule has 2 aliphatic rings. The Kier molecular flexibility index (Phi) is 5.91. The van der Waals surface area contributed by atoms with E-state index in [1.54, 1.807) is 0 Å². The summed E-state index contributed by atoms with van der Waals surface area (Å²) in [6.07, 6.45) is 4.71. The molecule has 0 aromatic heterocycles. The number of hydrogen-bond donors (Lipinski definition) is 1. The molecule has 0 radical (unpaired) electrons. The minimum absolute atomic E-state index is 0.0882. The molecule has 2 fully saturated rings. The SMILES string of the molecule is CC(=O)Nc1ccc(CC(=O)N2CCN(C(=O)C3CCCC3)CC2)cc1. The van der Waals surface area contributed by atoms with E-state index in [4.69, 9.17) is 0 Å². The Balaban J connectivity index is 1.47. The summed E-state index contributed by atoms with van der Waals surface area (Å²) in [4.78, 5) is 39.8. The first-order valence-corrected chi connectivity index (χ1v) is 9.46. The highest BCUT2D eigenvalue weighted by Gasteiger charge is 2.30. The van der Waals surface area contributed by atoms with E-state index in [9.17, 15) is 14.4 Å². The van der Waals surface area contributed by atoms with E-state index in [0.29, 0.717) is 32.6 Å². The first-order chi connectivity index (χ1) is 12.5. The molecule has 0 spiro atoms. The standard InChI is InChI=1S/C20H27N3O3/c1-15(24)21-18-8-6-16(7-9-18)14-19(25)22-10-12-23(13-11-22)20(26)17-4-2-3-5-17/h6-9,17H,2-5,10-14H2,1H3,(H,21,24). The molecule has 140 valence electrons. The Morgan fingerprint density at radius 1 is 0.962 bits per heavy atom. The van der Waals surface area contributed by atoms with Crippen LogP contribution >= 0.6 is 0 Å². The Morgan fingerprint density at radius 2 is 1.54 bits per heavy atom. The molecule has 3 rings (SSSR count). The third-order valence-electron chi connectivity index (χ3n) is 5.28. The van der Waals surface area contributed by atoms with E-state index in [-0.39, 0.29) is 23.6 Å². The smallest absolute Gasteiger partial charge is 0.227 e. The fourth-order valence-electron chi connectivity index (χ4n) is 3.80. The lowest BCUT2D eigenvalue weighted by atomic mass is 10.1. The number of carbonyl (C=O) groups is 3. The molecule has 0 bridgehead atoms. The van der Waals surface area contributed by atoms with Gasteiger partial charge in [-0.25, -0.2) is 0 Å². The number of nitrogens with one attached hydrogen (secondary N) is 1. The van der Waals surface area contributed by atoms with Gasteiger partial charge in [-0.2, -0.15) is 0 Å². The average Bonchev–Trinajstić information content (AvgIpc) is 3.17. The van der Waals surface area contributed by atoms with Crippen LogP contribution < -0.4 is 5.32 Å². The van der Waals surface area contributed by atoms with E-state index < -0.39 is 0 Å². The number of carbonyl (C=O) groups excluding carboxylic acids is 3. The highest BCUT2D eigenvalue weighted by molar-refractivity contribution is 5.88. The molecule has 3 amide bonds. The second-order valence-electron chi connectivity index (χ2n) is 7.24. The monoisotopic (exact) mass is 357 g/mol. The number of benzene rings is 1. The van der Waals surface area contributed by atoms with Gasteiger partial charge >= 0.3 is 0 Å². The van der Waals surface area contributed by atoms with E-state index in [1.165, 1.54) is 6.92 Å². The third-order valence-corrected chi connectivity index (χ3v) is 5.28. The highest BCUT2D eigenvalue weighted by atomic mass is 16.2. The van der Waals surface area contributed by atoms with Crippen LogP contribution in [0, 0.1) is 5.92 Å². The number of anilines is 1. The summed E-state index contributed by atoms with van der Waals surface area (Å²) in [5, 5.41) is 2.72. The molecule has 0 atom stereocenters. The van der Waals surface area contributed by atoms with Crippen molar-refractivity contribution in [1.29, 1.82) is 0 Å². The van der Waals surface area contributed by atoms with Crippen LogP contribution in [-0.2, 0) is 20.8 Å². The number of piperazine rings is 1. The van der Waals surface area contributed by atoms with Crippen LogP contribution in [0.25, 0.3) is 0 Å². The van der Waals surface area contributed by atoms with Gasteiger partial charge in [0.05, 0.1) is 6.42 Å². The van der Waals surface area contributed by atoms with Crippen LogP contribution in [0.15, 0.2) is 24.3 Å². The first kappa shape index (κ1) is 18.4. The zero-order valence-electron chi connectivity index (χ0n) is 15.4. The minimum Gasteiger partial charge on any atom is -0.339 e. The van der Waals surface area contributed by atoms with E-state index in [2.05, 4.69) is 5.32 Å². The predicted molar refractivity (Wildman–Crippen MR) is 99.6 cm³/mol. The Hall–Kier alpha value is -2.37. The van der Waals surface area contributed by atoms with Crippen molar-refractivity contribution in [1.82, 2.24) is 9.80 Å². The summed E-state index contributed by atoms with van der Waals surface area (Å²) in [6.45, 7) is 3.97. The number of amides is 3. The van der Waals surface area contributed by atoms with Crippen molar-refractivity contribution in [3.63, 3.8) is 0 Å². The van der Waals surface area contributed by atoms with Gasteiger partial charge in [0, 0.05) is 44.7 Å². The van der Waals surface area contributed by atoms with Crippen molar-refractivity contribution in [2.45, 2.75) is 39.0 Å². The summed E-state index contributed by atoms with van der Waals surface area (Å²) in [5.41, 5.74) is 1.65. The maximum absolute atomic E-state index is 12.5. The molecule has 1 aliphatic heterocycles. The molecule has 1 heterocycles. The molecule has 6 nitrogen and oxygen atoms in total. The molecular formula is C20H27N3O3. The molecule has 6 heteroatoms. The van der Waals surface area contributed by atoms with Crippen LogP contribution in [0.3, 0.4) is 0 Å². The Bertz CT molecular complexity index is 657. The number of rotatable bonds is 4. The van der Waals surface area contributed by atoms with Gasteiger partial charge in [-0.15, -0.1) is 0 Å². The van der Waals surface area contributed by atoms with E-state index in [0.717, 1.165) is 36.9 Å². The van der Waals surface area contributed by atoms with Gasteiger partial charge in [0.15, 0.2) is 0 Å².